The first kappa shape index (κ1) is 7.15. The first-order valence-electron chi connectivity index (χ1n) is 3.80. The van der Waals surface area contributed by atoms with Crippen molar-refractivity contribution in [2.24, 2.45) is 0 Å². The highest BCUT2D eigenvalue weighted by Gasteiger charge is 2.03. The highest BCUT2D eigenvalue weighted by atomic mass is 15.4. The molecule has 0 unspecified atom stereocenters. The van der Waals surface area contributed by atoms with Crippen molar-refractivity contribution in [3.8, 4) is 0 Å². The topological polar surface area (TPSA) is 56.0 Å². The van der Waals surface area contributed by atoms with Gasteiger partial charge in [-0.1, -0.05) is 13.8 Å². The number of rotatable bonds is 1. The zero-order chi connectivity index (χ0) is 8.55. The van der Waals surface area contributed by atoms with Crippen LogP contribution < -0.4 is 0 Å². The molecule has 0 saturated heterocycles. The third-order valence-electron chi connectivity index (χ3n) is 1.64. The van der Waals surface area contributed by atoms with E-state index < -0.39 is 0 Å². The Morgan fingerprint density at radius 2 is 2.25 bits per heavy atom. The summed E-state index contributed by atoms with van der Waals surface area (Å²) in [6.45, 7) is 4.14. The Morgan fingerprint density at radius 3 is 3.00 bits per heavy atom. The van der Waals surface area contributed by atoms with E-state index in [9.17, 15) is 0 Å². The van der Waals surface area contributed by atoms with Gasteiger partial charge >= 0.3 is 0 Å². The lowest BCUT2D eigenvalue weighted by molar-refractivity contribution is 0.746. The Kier molecular flexibility index (Phi) is 1.49. The molecule has 0 radical (unpaired) electrons. The van der Waals surface area contributed by atoms with Crippen molar-refractivity contribution in [3.05, 3.63) is 18.2 Å². The quantitative estimate of drug-likeness (QED) is 0.619. The van der Waals surface area contributed by atoms with E-state index in [1.165, 1.54) is 0 Å². The van der Waals surface area contributed by atoms with E-state index >= 15 is 0 Å². The fraction of sp³-hybridized carbons (Fsp3) is 0.429. The fourth-order valence-electron chi connectivity index (χ4n) is 0.918. The normalized spacial score (nSPS) is 11.2. The minimum absolute atomic E-state index is 0.379. The summed E-state index contributed by atoms with van der Waals surface area (Å²) >= 11 is 0. The molecule has 0 saturated carbocycles. The Labute approximate surface area is 69.5 Å². The maximum atomic E-state index is 4.26. The van der Waals surface area contributed by atoms with Crippen molar-refractivity contribution in [3.63, 3.8) is 0 Å². The summed E-state index contributed by atoms with van der Waals surface area (Å²) < 4.78 is 1.58. The Bertz CT molecular complexity index is 391. The maximum absolute atomic E-state index is 4.26. The summed E-state index contributed by atoms with van der Waals surface area (Å²) in [7, 11) is 0. The molecule has 2 aromatic heterocycles. The van der Waals surface area contributed by atoms with Crippen LogP contribution >= 0.6 is 0 Å². The van der Waals surface area contributed by atoms with Crippen LogP contribution in [0.25, 0.3) is 5.78 Å². The number of hydrogen-bond donors (Lipinski definition) is 0. The van der Waals surface area contributed by atoms with Crippen molar-refractivity contribution < 1.29 is 0 Å². The lowest BCUT2D eigenvalue weighted by atomic mass is 10.2. The largest absolute Gasteiger partial charge is 0.271 e. The highest BCUT2D eigenvalue weighted by molar-refractivity contribution is 5.22. The SMILES string of the molecule is CC(C)c1cnc2nncn2n1. The van der Waals surface area contributed by atoms with E-state index in [4.69, 9.17) is 0 Å². The van der Waals surface area contributed by atoms with E-state index in [1.807, 2.05) is 0 Å². The molecule has 5 nitrogen and oxygen atoms in total. The molecule has 0 atom stereocenters. The summed E-state index contributed by atoms with van der Waals surface area (Å²) in [6.07, 6.45) is 3.28. The molecule has 0 spiro atoms. The zero-order valence-electron chi connectivity index (χ0n) is 6.97. The van der Waals surface area contributed by atoms with Gasteiger partial charge in [0.25, 0.3) is 5.78 Å². The van der Waals surface area contributed by atoms with Crippen LogP contribution in [0.3, 0.4) is 0 Å². The minimum Gasteiger partial charge on any atom is -0.216 e. The molecule has 62 valence electrons. The Morgan fingerprint density at radius 1 is 1.42 bits per heavy atom. The third kappa shape index (κ3) is 1.03. The molecule has 12 heavy (non-hydrogen) atoms. The van der Waals surface area contributed by atoms with Crippen LogP contribution in [-0.2, 0) is 0 Å². The Balaban J connectivity index is 2.60. The first-order chi connectivity index (χ1) is 5.77. The summed E-state index contributed by atoms with van der Waals surface area (Å²) in [5, 5.41) is 11.7. The number of fused-ring (bicyclic) bond motifs is 1. The van der Waals surface area contributed by atoms with E-state index in [0.717, 1.165) is 5.69 Å². The molecule has 0 fully saturated rings. The van der Waals surface area contributed by atoms with Crippen LogP contribution in [-0.4, -0.2) is 24.8 Å². The average Bonchev–Trinajstić information content (AvgIpc) is 2.49. The lowest BCUT2D eigenvalue weighted by Gasteiger charge is -2.01. The monoisotopic (exact) mass is 163 g/mol. The molecular formula is C7H9N5. The van der Waals surface area contributed by atoms with E-state index in [2.05, 4.69) is 34.1 Å². The van der Waals surface area contributed by atoms with Crippen LogP contribution in [0.5, 0.6) is 0 Å². The fourth-order valence-corrected chi connectivity index (χ4v) is 0.918. The standard InChI is InChI=1S/C7H9N5/c1-5(2)6-3-8-7-10-9-4-12(7)11-6/h3-5H,1-2H3. The van der Waals surface area contributed by atoms with Gasteiger partial charge in [-0.15, -0.1) is 10.2 Å². The van der Waals surface area contributed by atoms with Gasteiger partial charge in [0.15, 0.2) is 0 Å². The van der Waals surface area contributed by atoms with Gasteiger partial charge in [0.1, 0.15) is 6.33 Å². The summed E-state index contributed by atoms with van der Waals surface area (Å²) in [5.41, 5.74) is 0.947. The van der Waals surface area contributed by atoms with Gasteiger partial charge in [0.05, 0.1) is 11.9 Å². The zero-order valence-corrected chi connectivity index (χ0v) is 6.97. The minimum atomic E-state index is 0.379. The van der Waals surface area contributed by atoms with E-state index in [0.29, 0.717) is 11.7 Å². The van der Waals surface area contributed by atoms with E-state index in [1.54, 1.807) is 17.0 Å². The molecule has 0 aliphatic rings. The molecule has 0 aliphatic heterocycles. The summed E-state index contributed by atoms with van der Waals surface area (Å²) in [6, 6.07) is 0. The van der Waals surface area contributed by atoms with Crippen LogP contribution in [0.4, 0.5) is 0 Å². The molecule has 0 amide bonds. The third-order valence-corrected chi connectivity index (χ3v) is 1.64. The van der Waals surface area contributed by atoms with Crippen LogP contribution in [0, 0.1) is 0 Å². The van der Waals surface area contributed by atoms with Gasteiger partial charge in [-0.25, -0.2) is 4.98 Å². The molecule has 2 aromatic rings. The van der Waals surface area contributed by atoms with Gasteiger partial charge in [-0.2, -0.15) is 9.61 Å². The van der Waals surface area contributed by atoms with Gasteiger partial charge in [0, 0.05) is 0 Å². The second kappa shape index (κ2) is 2.51. The first-order valence-corrected chi connectivity index (χ1v) is 3.80. The molecule has 0 aromatic carbocycles. The van der Waals surface area contributed by atoms with Gasteiger partial charge in [0.2, 0.25) is 0 Å². The van der Waals surface area contributed by atoms with Crippen LogP contribution in [0.15, 0.2) is 12.5 Å². The molecular weight excluding hydrogens is 154 g/mol. The van der Waals surface area contributed by atoms with Gasteiger partial charge < -0.3 is 0 Å². The van der Waals surface area contributed by atoms with Crippen molar-refractivity contribution in [2.45, 2.75) is 19.8 Å². The van der Waals surface area contributed by atoms with Crippen LogP contribution in [0.2, 0.25) is 0 Å². The smallest absolute Gasteiger partial charge is 0.216 e. The second-order valence-electron chi connectivity index (χ2n) is 2.91. The average molecular weight is 163 g/mol. The van der Waals surface area contributed by atoms with Gasteiger partial charge in [-0.3, -0.25) is 0 Å². The molecule has 2 heterocycles. The Hall–Kier alpha value is -1.52. The predicted octanol–water partition coefficient (Wildman–Crippen LogP) is 0.643. The highest BCUT2D eigenvalue weighted by Crippen LogP contribution is 2.08. The molecule has 0 aliphatic carbocycles. The van der Waals surface area contributed by atoms with Crippen molar-refractivity contribution in [2.75, 3.05) is 0 Å². The molecule has 0 N–H and O–H groups in total. The number of hydrogen-bond acceptors (Lipinski definition) is 4. The number of nitrogens with zero attached hydrogens (tertiary/aromatic N) is 5. The molecule has 5 heteroatoms. The molecule has 2 rings (SSSR count). The number of aromatic nitrogens is 5. The molecule has 0 bridgehead atoms. The maximum Gasteiger partial charge on any atom is 0.271 e. The second-order valence-corrected chi connectivity index (χ2v) is 2.91. The predicted molar refractivity (Wildman–Crippen MR) is 42.7 cm³/mol. The van der Waals surface area contributed by atoms with Crippen LogP contribution in [0.1, 0.15) is 25.5 Å². The van der Waals surface area contributed by atoms with E-state index in [-0.39, 0.29) is 0 Å². The lowest BCUT2D eigenvalue weighted by Crippen LogP contribution is -2.00. The summed E-state index contributed by atoms with van der Waals surface area (Å²) in [4.78, 5) is 4.09. The van der Waals surface area contributed by atoms with Crippen molar-refractivity contribution in [1.29, 1.82) is 0 Å². The van der Waals surface area contributed by atoms with Crippen molar-refractivity contribution in [1.82, 2.24) is 24.8 Å². The summed E-state index contributed by atoms with van der Waals surface area (Å²) in [5.74, 6) is 0.920. The van der Waals surface area contributed by atoms with Gasteiger partial charge in [-0.05, 0) is 5.92 Å². The van der Waals surface area contributed by atoms with Crippen molar-refractivity contribution >= 4 is 5.78 Å².